The minimum atomic E-state index is -1.15. The highest BCUT2D eigenvalue weighted by Gasteiger charge is 2.12. The van der Waals surface area contributed by atoms with E-state index >= 15 is 0 Å². The maximum absolute atomic E-state index is 13.8. The normalized spacial score (nSPS) is 9.85. The molecule has 5 heteroatoms. The van der Waals surface area contributed by atoms with Crippen molar-refractivity contribution in [2.75, 3.05) is 5.32 Å². The first-order valence-electron chi connectivity index (χ1n) is 5.82. The number of benzene rings is 2. The van der Waals surface area contributed by atoms with Crippen molar-refractivity contribution in [3.63, 3.8) is 0 Å². The number of rotatable bonds is 3. The summed E-state index contributed by atoms with van der Waals surface area (Å²) in [5.41, 5.74) is 1.37. The predicted molar refractivity (Wildman–Crippen MR) is 72.5 cm³/mol. The molecule has 0 atom stereocenters. The maximum atomic E-state index is 13.8. The Morgan fingerprint density at radius 2 is 2.00 bits per heavy atom. The lowest BCUT2D eigenvalue weighted by Crippen LogP contribution is -2.04. The van der Waals surface area contributed by atoms with Crippen LogP contribution in [0.25, 0.3) is 0 Å². The first-order chi connectivity index (χ1) is 9.51. The van der Waals surface area contributed by atoms with E-state index in [-0.39, 0.29) is 16.9 Å². The van der Waals surface area contributed by atoms with Gasteiger partial charge in [0, 0.05) is 0 Å². The van der Waals surface area contributed by atoms with Gasteiger partial charge in [-0.15, -0.1) is 0 Å². The van der Waals surface area contributed by atoms with E-state index in [1.54, 1.807) is 13.0 Å². The Kier molecular flexibility index (Phi) is 3.67. The van der Waals surface area contributed by atoms with Gasteiger partial charge < -0.3 is 10.4 Å². The van der Waals surface area contributed by atoms with Gasteiger partial charge in [-0.1, -0.05) is 6.07 Å². The fourth-order valence-electron chi connectivity index (χ4n) is 1.77. The van der Waals surface area contributed by atoms with Crippen LogP contribution in [0.5, 0.6) is 0 Å². The summed E-state index contributed by atoms with van der Waals surface area (Å²) < 4.78 is 13.8. The number of carboxylic acids is 1. The zero-order valence-electron chi connectivity index (χ0n) is 10.6. The van der Waals surface area contributed by atoms with Crippen LogP contribution in [0.1, 0.15) is 21.5 Å². The topological polar surface area (TPSA) is 73.1 Å². The molecule has 0 aliphatic carbocycles. The van der Waals surface area contributed by atoms with E-state index in [1.807, 2.05) is 6.07 Å². The average Bonchev–Trinajstić information content (AvgIpc) is 2.41. The number of aromatic carboxylic acids is 1. The molecule has 20 heavy (non-hydrogen) atoms. The highest BCUT2D eigenvalue weighted by atomic mass is 19.1. The maximum Gasteiger partial charge on any atom is 0.337 e. The van der Waals surface area contributed by atoms with Gasteiger partial charge in [0.1, 0.15) is 5.82 Å². The van der Waals surface area contributed by atoms with Gasteiger partial charge in [0.2, 0.25) is 0 Å². The highest BCUT2D eigenvalue weighted by Crippen LogP contribution is 2.25. The molecule has 0 bridgehead atoms. The quantitative estimate of drug-likeness (QED) is 0.895. The number of hydrogen-bond acceptors (Lipinski definition) is 3. The molecule has 0 saturated carbocycles. The monoisotopic (exact) mass is 270 g/mol. The van der Waals surface area contributed by atoms with E-state index in [0.717, 1.165) is 5.56 Å². The molecular formula is C15H11FN2O2. The molecule has 0 amide bonds. The molecule has 0 spiro atoms. The third-order valence-electron chi connectivity index (χ3n) is 2.77. The van der Waals surface area contributed by atoms with Crippen LogP contribution in [-0.4, -0.2) is 11.1 Å². The van der Waals surface area contributed by atoms with Gasteiger partial charge >= 0.3 is 5.97 Å². The van der Waals surface area contributed by atoms with E-state index in [2.05, 4.69) is 5.32 Å². The third kappa shape index (κ3) is 2.75. The molecule has 0 aliphatic heterocycles. The predicted octanol–water partition coefficient (Wildman–Crippen LogP) is 3.45. The number of anilines is 2. The number of aryl methyl sites for hydroxylation is 1. The smallest absolute Gasteiger partial charge is 0.337 e. The number of hydrogen-bond donors (Lipinski definition) is 2. The number of nitriles is 1. The molecule has 0 aliphatic rings. The van der Waals surface area contributed by atoms with E-state index in [9.17, 15) is 9.18 Å². The van der Waals surface area contributed by atoms with Crippen LogP contribution in [0.2, 0.25) is 0 Å². The van der Waals surface area contributed by atoms with Crippen LogP contribution in [0.3, 0.4) is 0 Å². The van der Waals surface area contributed by atoms with E-state index in [0.29, 0.717) is 5.56 Å². The number of carbonyl (C=O) groups is 1. The largest absolute Gasteiger partial charge is 0.478 e. The SMILES string of the molecule is Cc1ccc(Nc2cc(C#N)ccc2C(=O)O)c(F)c1. The molecule has 2 aromatic rings. The van der Waals surface area contributed by atoms with Crippen LogP contribution >= 0.6 is 0 Å². The summed E-state index contributed by atoms with van der Waals surface area (Å²) in [6, 6.07) is 10.6. The molecule has 2 rings (SSSR count). The second kappa shape index (κ2) is 5.41. The fourth-order valence-corrected chi connectivity index (χ4v) is 1.77. The first kappa shape index (κ1) is 13.6. The van der Waals surface area contributed by atoms with Crippen LogP contribution in [-0.2, 0) is 0 Å². The lowest BCUT2D eigenvalue weighted by molar-refractivity contribution is 0.0698. The highest BCUT2D eigenvalue weighted by molar-refractivity contribution is 5.95. The van der Waals surface area contributed by atoms with Crippen LogP contribution < -0.4 is 5.32 Å². The summed E-state index contributed by atoms with van der Waals surface area (Å²) in [5.74, 6) is -1.63. The van der Waals surface area contributed by atoms with E-state index < -0.39 is 11.8 Å². The molecule has 0 saturated heterocycles. The van der Waals surface area contributed by atoms with Gasteiger partial charge in [-0.2, -0.15) is 5.26 Å². The fraction of sp³-hybridized carbons (Fsp3) is 0.0667. The van der Waals surface area contributed by atoms with Crippen molar-refractivity contribution in [2.45, 2.75) is 6.92 Å². The summed E-state index contributed by atoms with van der Waals surface area (Å²) >= 11 is 0. The number of carboxylic acid groups (broad SMARTS) is 1. The van der Waals surface area contributed by atoms with Crippen molar-refractivity contribution in [3.8, 4) is 6.07 Å². The lowest BCUT2D eigenvalue weighted by atomic mass is 10.1. The average molecular weight is 270 g/mol. The Hall–Kier alpha value is -2.87. The lowest BCUT2D eigenvalue weighted by Gasteiger charge is -2.11. The summed E-state index contributed by atoms with van der Waals surface area (Å²) in [5, 5.41) is 20.7. The number of nitrogens with zero attached hydrogens (tertiary/aromatic N) is 1. The van der Waals surface area contributed by atoms with E-state index in [1.165, 1.54) is 30.3 Å². The molecule has 0 unspecified atom stereocenters. The Labute approximate surface area is 115 Å². The van der Waals surface area contributed by atoms with Crippen molar-refractivity contribution in [1.29, 1.82) is 5.26 Å². The molecule has 100 valence electrons. The second-order valence-electron chi connectivity index (χ2n) is 4.29. The second-order valence-corrected chi connectivity index (χ2v) is 4.29. The minimum absolute atomic E-state index is 0.0241. The van der Waals surface area contributed by atoms with Crippen molar-refractivity contribution in [2.24, 2.45) is 0 Å². The Morgan fingerprint density at radius 3 is 2.60 bits per heavy atom. The van der Waals surface area contributed by atoms with Gasteiger partial charge in [-0.05, 0) is 42.8 Å². The number of nitrogens with one attached hydrogen (secondary N) is 1. The number of halogens is 1. The van der Waals surface area contributed by atoms with Crippen LogP contribution in [0.4, 0.5) is 15.8 Å². The molecule has 4 nitrogen and oxygen atoms in total. The molecule has 0 radical (unpaired) electrons. The van der Waals surface area contributed by atoms with Crippen molar-refractivity contribution in [1.82, 2.24) is 0 Å². The summed E-state index contributed by atoms with van der Waals surface area (Å²) in [4.78, 5) is 11.1. The standard InChI is InChI=1S/C15H11FN2O2/c1-9-2-5-13(12(16)6-9)18-14-7-10(8-17)3-4-11(14)15(19)20/h2-7,18H,1H3,(H,19,20). The van der Waals surface area contributed by atoms with Crippen molar-refractivity contribution >= 4 is 17.3 Å². The Bertz CT molecular complexity index is 720. The molecule has 0 heterocycles. The zero-order valence-corrected chi connectivity index (χ0v) is 10.6. The summed E-state index contributed by atoms with van der Waals surface area (Å²) in [6.07, 6.45) is 0. The van der Waals surface area contributed by atoms with Gasteiger partial charge in [-0.25, -0.2) is 9.18 Å². The third-order valence-corrected chi connectivity index (χ3v) is 2.77. The Balaban J connectivity index is 2.46. The molecule has 0 fully saturated rings. The van der Waals surface area contributed by atoms with Crippen molar-refractivity contribution < 1.29 is 14.3 Å². The molecule has 0 aromatic heterocycles. The van der Waals surface area contributed by atoms with Gasteiger partial charge in [0.15, 0.2) is 0 Å². The van der Waals surface area contributed by atoms with Gasteiger partial charge in [-0.3, -0.25) is 0 Å². The summed E-state index contributed by atoms with van der Waals surface area (Å²) in [7, 11) is 0. The molecule has 2 N–H and O–H groups in total. The first-order valence-corrected chi connectivity index (χ1v) is 5.82. The zero-order chi connectivity index (χ0) is 14.7. The van der Waals surface area contributed by atoms with Gasteiger partial charge in [0.25, 0.3) is 0 Å². The summed E-state index contributed by atoms with van der Waals surface area (Å²) in [6.45, 7) is 1.76. The van der Waals surface area contributed by atoms with Crippen LogP contribution in [0, 0.1) is 24.1 Å². The van der Waals surface area contributed by atoms with E-state index in [4.69, 9.17) is 10.4 Å². The Morgan fingerprint density at radius 1 is 1.25 bits per heavy atom. The molecule has 2 aromatic carbocycles. The minimum Gasteiger partial charge on any atom is -0.478 e. The van der Waals surface area contributed by atoms with Crippen LogP contribution in [0.15, 0.2) is 36.4 Å². The van der Waals surface area contributed by atoms with Gasteiger partial charge in [0.05, 0.1) is 28.6 Å². The van der Waals surface area contributed by atoms with Crippen molar-refractivity contribution in [3.05, 3.63) is 58.9 Å². The molecular weight excluding hydrogens is 259 g/mol.